The number of pyridine rings is 1. The van der Waals surface area contributed by atoms with Crippen LogP contribution in [0.25, 0.3) is 44.1 Å². The average molecular weight is 518 g/mol. The highest BCUT2D eigenvalue weighted by molar-refractivity contribution is 6.31. The molecule has 3 aromatic heterocycles. The van der Waals surface area contributed by atoms with Crippen molar-refractivity contribution in [1.82, 2.24) is 25.0 Å². The highest BCUT2D eigenvalue weighted by Gasteiger charge is 2.26. The summed E-state index contributed by atoms with van der Waals surface area (Å²) in [7, 11) is 1.66. The number of nitrogens with zero attached hydrogens (tertiary/aromatic N) is 5. The van der Waals surface area contributed by atoms with Gasteiger partial charge in [-0.05, 0) is 43.2 Å². The van der Waals surface area contributed by atoms with Crippen LogP contribution in [0.5, 0.6) is 5.75 Å². The van der Waals surface area contributed by atoms with Crippen LogP contribution < -0.4 is 16.0 Å². The van der Waals surface area contributed by atoms with Crippen molar-refractivity contribution in [3.05, 3.63) is 68.6 Å². The van der Waals surface area contributed by atoms with Crippen LogP contribution in [0.2, 0.25) is 5.02 Å². The number of aromatic nitrogens is 5. The van der Waals surface area contributed by atoms with Crippen LogP contribution in [0.3, 0.4) is 0 Å². The van der Waals surface area contributed by atoms with Gasteiger partial charge < -0.3 is 10.5 Å². The standard InChI is InChI=1S/C26H21ClFN7O2/c1-4-37-20-6-13(5-16-19(9-30)33-34-26(36)21(16)20)18-11-32-35(3)25(18)22-17(8-29)24-15(12(2)23(22)28)7-14(27)10-31-24/h5-7,10-11H,4,9,30H2,1-3H3,(H,34,36). The maximum Gasteiger partial charge on any atom is 0.275 e. The van der Waals surface area contributed by atoms with Crippen LogP contribution in [-0.4, -0.2) is 31.6 Å². The van der Waals surface area contributed by atoms with Gasteiger partial charge in [0, 0.05) is 36.1 Å². The predicted molar refractivity (Wildman–Crippen MR) is 139 cm³/mol. The molecule has 11 heteroatoms. The Balaban J connectivity index is 1.88. The molecule has 0 atom stereocenters. The SMILES string of the molecule is CCOc1cc(-c2cnn(C)c2-c2c(F)c(C)c3cc(Cl)cnc3c2C#N)cc2c(CN)n[nH]c(=O)c12. The van der Waals surface area contributed by atoms with Crippen molar-refractivity contribution in [3.63, 3.8) is 0 Å². The van der Waals surface area contributed by atoms with E-state index in [1.54, 1.807) is 45.3 Å². The Labute approximate surface area is 215 Å². The minimum absolute atomic E-state index is 0.0613. The van der Waals surface area contributed by atoms with Gasteiger partial charge in [-0.3, -0.25) is 14.5 Å². The predicted octanol–water partition coefficient (Wildman–Crippen LogP) is 4.37. The van der Waals surface area contributed by atoms with E-state index in [9.17, 15) is 10.1 Å². The summed E-state index contributed by atoms with van der Waals surface area (Å²) in [5.41, 5.74) is 8.20. The molecule has 186 valence electrons. The van der Waals surface area contributed by atoms with Crippen LogP contribution >= 0.6 is 11.6 Å². The molecule has 3 N–H and O–H groups in total. The number of rotatable bonds is 5. The molecule has 0 saturated heterocycles. The van der Waals surface area contributed by atoms with Crippen LogP contribution in [0.15, 0.2) is 35.4 Å². The summed E-state index contributed by atoms with van der Waals surface area (Å²) in [6, 6.07) is 7.16. The van der Waals surface area contributed by atoms with Gasteiger partial charge in [0.05, 0.1) is 51.2 Å². The number of aromatic amines is 1. The third-order valence-corrected chi connectivity index (χ3v) is 6.52. The Morgan fingerprint density at radius 1 is 1.27 bits per heavy atom. The summed E-state index contributed by atoms with van der Waals surface area (Å²) in [5.74, 6) is -0.250. The maximum atomic E-state index is 16.0. The van der Waals surface area contributed by atoms with Gasteiger partial charge >= 0.3 is 0 Å². The number of hydrogen-bond donors (Lipinski definition) is 2. The van der Waals surface area contributed by atoms with Crippen LogP contribution in [0, 0.1) is 24.1 Å². The third kappa shape index (κ3) is 3.80. The fourth-order valence-corrected chi connectivity index (χ4v) is 4.78. The Hall–Kier alpha value is -4.33. The number of nitriles is 1. The average Bonchev–Trinajstić information content (AvgIpc) is 3.27. The number of benzene rings is 2. The molecule has 9 nitrogen and oxygen atoms in total. The van der Waals surface area contributed by atoms with Gasteiger partial charge in [0.15, 0.2) is 0 Å². The monoisotopic (exact) mass is 517 g/mol. The zero-order chi connectivity index (χ0) is 26.4. The zero-order valence-electron chi connectivity index (χ0n) is 20.2. The lowest BCUT2D eigenvalue weighted by Gasteiger charge is -2.16. The molecule has 0 spiro atoms. The number of fused-ring (bicyclic) bond motifs is 2. The zero-order valence-corrected chi connectivity index (χ0v) is 20.9. The van der Waals surface area contributed by atoms with Gasteiger partial charge in [0.1, 0.15) is 17.6 Å². The molecule has 0 amide bonds. The van der Waals surface area contributed by atoms with E-state index in [4.69, 9.17) is 22.1 Å². The third-order valence-electron chi connectivity index (χ3n) is 6.32. The number of H-pyrrole nitrogens is 1. The molecule has 0 saturated carbocycles. The number of nitrogens with two attached hydrogens (primary N) is 1. The maximum absolute atomic E-state index is 16.0. The number of ether oxygens (including phenoxy) is 1. The van der Waals surface area contributed by atoms with Crippen LogP contribution in [0.1, 0.15) is 23.7 Å². The largest absolute Gasteiger partial charge is 0.493 e. The Morgan fingerprint density at radius 2 is 2.05 bits per heavy atom. The molecule has 0 bridgehead atoms. The second-order valence-electron chi connectivity index (χ2n) is 8.41. The molecular formula is C26H21ClFN7O2. The van der Waals surface area contributed by atoms with Gasteiger partial charge in [0.25, 0.3) is 5.56 Å². The molecular weight excluding hydrogens is 497 g/mol. The smallest absolute Gasteiger partial charge is 0.275 e. The first kappa shape index (κ1) is 24.4. The lowest BCUT2D eigenvalue weighted by molar-refractivity contribution is 0.344. The van der Waals surface area contributed by atoms with E-state index in [1.807, 2.05) is 0 Å². The van der Waals surface area contributed by atoms with E-state index < -0.39 is 11.4 Å². The van der Waals surface area contributed by atoms with Crippen molar-refractivity contribution < 1.29 is 9.13 Å². The molecule has 37 heavy (non-hydrogen) atoms. The van der Waals surface area contributed by atoms with Crippen molar-refractivity contribution in [3.8, 4) is 34.2 Å². The van der Waals surface area contributed by atoms with E-state index in [2.05, 4.69) is 26.3 Å². The number of nitrogens with one attached hydrogen (secondary N) is 1. The molecule has 2 aromatic carbocycles. The van der Waals surface area contributed by atoms with Crippen molar-refractivity contribution in [2.45, 2.75) is 20.4 Å². The van der Waals surface area contributed by atoms with Gasteiger partial charge in [0.2, 0.25) is 0 Å². The molecule has 0 aliphatic carbocycles. The van der Waals surface area contributed by atoms with E-state index in [1.165, 1.54) is 10.9 Å². The lowest BCUT2D eigenvalue weighted by atomic mass is 9.92. The molecule has 5 aromatic rings. The molecule has 0 unspecified atom stereocenters. The molecule has 0 radical (unpaired) electrons. The van der Waals surface area contributed by atoms with Crippen LogP contribution in [0.4, 0.5) is 4.39 Å². The van der Waals surface area contributed by atoms with Crippen molar-refractivity contribution in [2.24, 2.45) is 12.8 Å². The highest BCUT2D eigenvalue weighted by Crippen LogP contribution is 2.41. The highest BCUT2D eigenvalue weighted by atomic mass is 35.5. The first-order valence-corrected chi connectivity index (χ1v) is 11.8. The summed E-state index contributed by atoms with van der Waals surface area (Å²) >= 11 is 6.10. The van der Waals surface area contributed by atoms with Crippen molar-refractivity contribution >= 4 is 33.3 Å². The Bertz CT molecular complexity index is 1820. The Morgan fingerprint density at radius 3 is 2.76 bits per heavy atom. The van der Waals surface area contributed by atoms with E-state index in [-0.39, 0.29) is 17.7 Å². The summed E-state index contributed by atoms with van der Waals surface area (Å²) in [6.45, 7) is 3.81. The summed E-state index contributed by atoms with van der Waals surface area (Å²) in [5, 5.41) is 22.6. The Kier molecular flexibility index (Phi) is 6.11. The van der Waals surface area contributed by atoms with Crippen molar-refractivity contribution in [1.29, 1.82) is 5.26 Å². The molecule has 5 rings (SSSR count). The molecule has 0 aliphatic heterocycles. The summed E-state index contributed by atoms with van der Waals surface area (Å²) in [6.07, 6.45) is 3.00. The fraction of sp³-hybridized carbons (Fsp3) is 0.192. The second-order valence-corrected chi connectivity index (χ2v) is 8.85. The van der Waals surface area contributed by atoms with Gasteiger partial charge in [-0.2, -0.15) is 15.5 Å². The second kappa shape index (κ2) is 9.28. The van der Waals surface area contributed by atoms with Crippen molar-refractivity contribution in [2.75, 3.05) is 6.61 Å². The van der Waals surface area contributed by atoms with Gasteiger partial charge in [-0.1, -0.05) is 11.6 Å². The lowest BCUT2D eigenvalue weighted by Crippen LogP contribution is -2.14. The first-order valence-electron chi connectivity index (χ1n) is 11.4. The normalized spacial score (nSPS) is 11.3. The number of halogens is 2. The summed E-state index contributed by atoms with van der Waals surface area (Å²) in [4.78, 5) is 17.0. The molecule has 0 fully saturated rings. The molecule has 3 heterocycles. The van der Waals surface area contributed by atoms with Gasteiger partial charge in [-0.25, -0.2) is 9.49 Å². The first-order chi connectivity index (χ1) is 17.8. The quantitative estimate of drug-likeness (QED) is 0.353. The van der Waals surface area contributed by atoms with Crippen LogP contribution in [-0.2, 0) is 13.6 Å². The minimum atomic E-state index is -0.579. The molecule has 0 aliphatic rings. The minimum Gasteiger partial charge on any atom is -0.493 e. The van der Waals surface area contributed by atoms with E-state index in [0.29, 0.717) is 67.1 Å². The van der Waals surface area contributed by atoms with E-state index in [0.717, 1.165) is 0 Å². The summed E-state index contributed by atoms with van der Waals surface area (Å²) < 4.78 is 23.3. The fourth-order valence-electron chi connectivity index (χ4n) is 4.63. The topological polar surface area (TPSA) is 136 Å². The van der Waals surface area contributed by atoms with E-state index >= 15 is 4.39 Å². The number of aryl methyl sites for hydroxylation is 2. The van der Waals surface area contributed by atoms with Gasteiger partial charge in [-0.15, -0.1) is 0 Å². The number of hydrogen-bond acceptors (Lipinski definition) is 7.